The van der Waals surface area contributed by atoms with Gasteiger partial charge in [0.25, 0.3) is 5.91 Å². The van der Waals surface area contributed by atoms with Gasteiger partial charge in [0.15, 0.2) is 10.8 Å². The minimum Gasteiger partial charge on any atom is -0.462 e. The second-order valence-electron chi connectivity index (χ2n) is 4.32. The molecule has 2 rings (SSSR count). The predicted octanol–water partition coefficient (Wildman–Crippen LogP) is 2.46. The van der Waals surface area contributed by atoms with Crippen molar-refractivity contribution in [2.24, 2.45) is 0 Å². The second-order valence-corrected chi connectivity index (χ2v) is 5.38. The normalized spacial score (nSPS) is 11.2. The van der Waals surface area contributed by atoms with E-state index in [0.29, 0.717) is 30.3 Å². The number of furan rings is 1. The number of aromatic nitrogens is 1. The van der Waals surface area contributed by atoms with Crippen molar-refractivity contribution in [2.75, 3.05) is 20.3 Å². The van der Waals surface area contributed by atoms with Gasteiger partial charge in [-0.1, -0.05) is 0 Å². The Labute approximate surface area is 132 Å². The third-order valence-electron chi connectivity index (χ3n) is 2.72. The van der Waals surface area contributed by atoms with Gasteiger partial charge in [-0.25, -0.2) is 4.98 Å². The van der Waals surface area contributed by atoms with Crippen LogP contribution < -0.4 is 5.32 Å². The van der Waals surface area contributed by atoms with E-state index in [4.69, 9.17) is 14.4 Å². The van der Waals surface area contributed by atoms with Gasteiger partial charge in [0, 0.05) is 31.3 Å². The molecule has 1 amide bonds. The first-order chi connectivity index (χ1) is 10.7. The number of nitrogens with zero attached hydrogens (tertiary/aromatic N) is 2. The quantitative estimate of drug-likeness (QED) is 0.481. The number of rotatable bonds is 7. The topological polar surface area (TPSA) is 88.1 Å². The highest BCUT2D eigenvalue weighted by Gasteiger charge is 2.11. The maximum Gasteiger partial charge on any atom is 0.261 e. The summed E-state index contributed by atoms with van der Waals surface area (Å²) in [5.41, 5.74) is 0.0482. The van der Waals surface area contributed by atoms with E-state index in [1.165, 1.54) is 17.4 Å². The van der Waals surface area contributed by atoms with Crippen LogP contribution in [0.4, 0.5) is 0 Å². The lowest BCUT2D eigenvalue weighted by Crippen LogP contribution is -2.26. The number of hydrogen-bond acceptors (Lipinski definition) is 6. The summed E-state index contributed by atoms with van der Waals surface area (Å²) in [7, 11) is 1.60. The third kappa shape index (κ3) is 4.28. The highest BCUT2D eigenvalue weighted by Crippen LogP contribution is 2.26. The van der Waals surface area contributed by atoms with Crippen LogP contribution in [0.25, 0.3) is 16.8 Å². The van der Waals surface area contributed by atoms with E-state index in [0.717, 1.165) is 4.88 Å². The zero-order valence-electron chi connectivity index (χ0n) is 12.0. The third-order valence-corrected chi connectivity index (χ3v) is 3.68. The molecule has 0 saturated heterocycles. The number of nitriles is 1. The number of nitrogens with one attached hydrogen (secondary N) is 1. The average molecular weight is 317 g/mol. The number of ether oxygens (including phenoxy) is 1. The van der Waals surface area contributed by atoms with Crippen LogP contribution in [0, 0.1) is 11.3 Å². The SMILES string of the molecule is COCCCNC(=O)C(C#N)=Cc1cnc(-c2ccco2)s1. The van der Waals surface area contributed by atoms with Gasteiger partial charge in [0.1, 0.15) is 11.6 Å². The van der Waals surface area contributed by atoms with Crippen molar-refractivity contribution in [2.45, 2.75) is 6.42 Å². The van der Waals surface area contributed by atoms with Crippen LogP contribution in [0.2, 0.25) is 0 Å². The summed E-state index contributed by atoms with van der Waals surface area (Å²) >= 11 is 1.35. The molecule has 0 aliphatic carbocycles. The standard InChI is InChI=1S/C15H15N3O3S/c1-20-6-3-5-17-14(19)11(9-16)8-12-10-18-15(22-12)13-4-2-7-21-13/h2,4,7-8,10H,3,5-6H2,1H3,(H,17,19). The van der Waals surface area contributed by atoms with E-state index in [-0.39, 0.29) is 5.57 Å². The van der Waals surface area contributed by atoms with Crippen LogP contribution in [0.3, 0.4) is 0 Å². The largest absolute Gasteiger partial charge is 0.462 e. The Morgan fingerprint density at radius 1 is 1.64 bits per heavy atom. The maximum atomic E-state index is 11.9. The summed E-state index contributed by atoms with van der Waals surface area (Å²) in [6.45, 7) is 1.03. The summed E-state index contributed by atoms with van der Waals surface area (Å²) in [5.74, 6) is 0.263. The smallest absolute Gasteiger partial charge is 0.261 e. The molecule has 0 radical (unpaired) electrons. The Morgan fingerprint density at radius 3 is 3.18 bits per heavy atom. The Balaban J connectivity index is 2.03. The molecule has 0 aliphatic heterocycles. The monoisotopic (exact) mass is 317 g/mol. The Bertz CT molecular complexity index is 683. The summed E-state index contributed by atoms with van der Waals surface area (Å²) in [6, 6.07) is 5.49. The van der Waals surface area contributed by atoms with Crippen molar-refractivity contribution >= 4 is 23.3 Å². The van der Waals surface area contributed by atoms with E-state index < -0.39 is 5.91 Å². The molecule has 2 aromatic heterocycles. The molecule has 7 heteroatoms. The van der Waals surface area contributed by atoms with Gasteiger partial charge in [-0.15, -0.1) is 11.3 Å². The molecule has 22 heavy (non-hydrogen) atoms. The molecule has 2 heterocycles. The van der Waals surface area contributed by atoms with Crippen LogP contribution in [0.1, 0.15) is 11.3 Å². The molecule has 0 bridgehead atoms. The number of hydrogen-bond donors (Lipinski definition) is 1. The van der Waals surface area contributed by atoms with E-state index in [9.17, 15) is 4.79 Å². The lowest BCUT2D eigenvalue weighted by Gasteiger charge is -2.02. The maximum absolute atomic E-state index is 11.9. The minimum absolute atomic E-state index is 0.0482. The first kappa shape index (κ1) is 15.9. The van der Waals surface area contributed by atoms with Gasteiger partial charge in [-0.2, -0.15) is 5.26 Å². The molecule has 1 N–H and O–H groups in total. The zero-order valence-corrected chi connectivity index (χ0v) is 12.9. The first-order valence-corrected chi connectivity index (χ1v) is 7.45. The van der Waals surface area contributed by atoms with Crippen molar-refractivity contribution in [3.63, 3.8) is 0 Å². The zero-order chi connectivity index (χ0) is 15.8. The predicted molar refractivity (Wildman–Crippen MR) is 82.9 cm³/mol. The number of methoxy groups -OCH3 is 1. The fraction of sp³-hybridized carbons (Fsp3) is 0.267. The molecule has 0 fully saturated rings. The average Bonchev–Trinajstić information content (AvgIpc) is 3.19. The first-order valence-electron chi connectivity index (χ1n) is 6.63. The van der Waals surface area contributed by atoms with Gasteiger partial charge >= 0.3 is 0 Å². The van der Waals surface area contributed by atoms with Gasteiger partial charge in [-0.3, -0.25) is 4.79 Å². The fourth-order valence-corrected chi connectivity index (χ4v) is 2.50. The Hall–Kier alpha value is -2.43. The molecular formula is C15H15N3O3S. The molecule has 0 atom stereocenters. The van der Waals surface area contributed by atoms with Gasteiger partial charge < -0.3 is 14.5 Å². The molecule has 0 aromatic carbocycles. The number of carbonyl (C=O) groups excluding carboxylic acids is 1. The van der Waals surface area contributed by atoms with Crippen molar-refractivity contribution in [3.05, 3.63) is 35.0 Å². The van der Waals surface area contributed by atoms with Crippen LogP contribution in [0.5, 0.6) is 0 Å². The second kappa shape index (κ2) is 8.12. The molecule has 114 valence electrons. The lowest BCUT2D eigenvalue weighted by molar-refractivity contribution is -0.117. The van der Waals surface area contributed by atoms with Crippen LogP contribution in [-0.2, 0) is 9.53 Å². The van der Waals surface area contributed by atoms with Gasteiger partial charge in [0.2, 0.25) is 0 Å². The van der Waals surface area contributed by atoms with Crippen molar-refractivity contribution in [3.8, 4) is 16.8 Å². The van der Waals surface area contributed by atoms with Crippen LogP contribution >= 0.6 is 11.3 Å². The van der Waals surface area contributed by atoms with Crippen molar-refractivity contribution in [1.82, 2.24) is 10.3 Å². The Kier molecular flexibility index (Phi) is 5.89. The summed E-state index contributed by atoms with van der Waals surface area (Å²) in [6.07, 6.45) is 5.40. The molecule has 2 aromatic rings. The number of carbonyl (C=O) groups is 1. The van der Waals surface area contributed by atoms with Crippen molar-refractivity contribution < 1.29 is 13.9 Å². The Morgan fingerprint density at radius 2 is 2.50 bits per heavy atom. The molecule has 0 aliphatic rings. The van der Waals surface area contributed by atoms with Crippen molar-refractivity contribution in [1.29, 1.82) is 5.26 Å². The minimum atomic E-state index is -0.397. The molecule has 0 spiro atoms. The number of amides is 1. The van der Waals surface area contributed by atoms with Crippen LogP contribution in [-0.4, -0.2) is 31.2 Å². The lowest BCUT2D eigenvalue weighted by atomic mass is 10.2. The van der Waals surface area contributed by atoms with E-state index in [1.54, 1.807) is 31.7 Å². The van der Waals surface area contributed by atoms with E-state index in [1.807, 2.05) is 6.07 Å². The van der Waals surface area contributed by atoms with Gasteiger partial charge in [0.05, 0.1) is 6.26 Å². The summed E-state index contributed by atoms with van der Waals surface area (Å²) < 4.78 is 10.2. The van der Waals surface area contributed by atoms with Crippen LogP contribution in [0.15, 0.2) is 34.6 Å². The fourth-order valence-electron chi connectivity index (χ4n) is 1.67. The highest BCUT2D eigenvalue weighted by molar-refractivity contribution is 7.15. The summed E-state index contributed by atoms with van der Waals surface area (Å²) in [5, 5.41) is 12.5. The highest BCUT2D eigenvalue weighted by atomic mass is 32.1. The summed E-state index contributed by atoms with van der Waals surface area (Å²) in [4.78, 5) is 16.8. The molecule has 6 nitrogen and oxygen atoms in total. The number of thiazole rings is 1. The molecular weight excluding hydrogens is 302 g/mol. The van der Waals surface area contributed by atoms with Gasteiger partial charge in [-0.05, 0) is 24.6 Å². The molecule has 0 saturated carbocycles. The van der Waals surface area contributed by atoms with E-state index >= 15 is 0 Å². The van der Waals surface area contributed by atoms with E-state index in [2.05, 4.69) is 10.3 Å². The molecule has 0 unspecified atom stereocenters.